The van der Waals surface area contributed by atoms with Crippen molar-refractivity contribution in [1.82, 2.24) is 19.6 Å². The molecule has 1 saturated carbocycles. The van der Waals surface area contributed by atoms with Crippen LogP contribution in [0.25, 0.3) is 0 Å². The van der Waals surface area contributed by atoms with Crippen LogP contribution >= 0.6 is 0 Å². The van der Waals surface area contributed by atoms with Crippen molar-refractivity contribution in [3.63, 3.8) is 0 Å². The van der Waals surface area contributed by atoms with Crippen LogP contribution in [0.15, 0.2) is 18.5 Å². The number of nitrogens with one attached hydrogen (secondary N) is 1. The van der Waals surface area contributed by atoms with Crippen molar-refractivity contribution in [3.05, 3.63) is 29.7 Å². The lowest BCUT2D eigenvalue weighted by atomic mass is 10.2. The number of aromatic nitrogens is 4. The molecule has 0 radical (unpaired) electrons. The van der Waals surface area contributed by atoms with Gasteiger partial charge in [0, 0.05) is 31.4 Å². The Balaban J connectivity index is 1.62. The van der Waals surface area contributed by atoms with Crippen LogP contribution < -0.4 is 5.32 Å². The molecule has 1 aliphatic rings. The molecular weight excluding hydrogens is 238 g/mol. The van der Waals surface area contributed by atoms with Gasteiger partial charge < -0.3 is 5.32 Å². The zero-order valence-corrected chi connectivity index (χ0v) is 11.6. The van der Waals surface area contributed by atoms with Gasteiger partial charge in [-0.3, -0.25) is 9.36 Å². The standard InChI is InChI=1S/C14H21N5/c1-11-7-14(18(2)17-11)15-8-12-9-16-19(10-12)13-5-3-4-6-13/h7,9-10,13,15H,3-6,8H2,1-2H3. The summed E-state index contributed by atoms with van der Waals surface area (Å²) in [6, 6.07) is 2.68. The molecule has 0 bridgehead atoms. The summed E-state index contributed by atoms with van der Waals surface area (Å²) in [5, 5.41) is 12.2. The molecule has 5 nitrogen and oxygen atoms in total. The maximum Gasteiger partial charge on any atom is 0.124 e. The third kappa shape index (κ3) is 2.64. The van der Waals surface area contributed by atoms with Crippen molar-refractivity contribution in [2.75, 3.05) is 5.32 Å². The number of anilines is 1. The third-order valence-electron chi connectivity index (χ3n) is 3.83. The van der Waals surface area contributed by atoms with Crippen molar-refractivity contribution < 1.29 is 0 Å². The molecule has 0 aliphatic heterocycles. The summed E-state index contributed by atoms with van der Waals surface area (Å²) in [7, 11) is 1.96. The zero-order valence-electron chi connectivity index (χ0n) is 11.6. The Morgan fingerprint density at radius 2 is 2.16 bits per heavy atom. The predicted octanol–water partition coefficient (Wildman–Crippen LogP) is 2.65. The molecule has 0 aromatic carbocycles. The summed E-state index contributed by atoms with van der Waals surface area (Å²) in [5.41, 5.74) is 2.26. The molecule has 0 spiro atoms. The molecule has 1 N–H and O–H groups in total. The zero-order chi connectivity index (χ0) is 13.2. The summed E-state index contributed by atoms with van der Waals surface area (Å²) in [6.07, 6.45) is 9.37. The summed E-state index contributed by atoms with van der Waals surface area (Å²) in [6.45, 7) is 2.80. The van der Waals surface area contributed by atoms with Gasteiger partial charge in [0.05, 0.1) is 17.9 Å². The number of rotatable bonds is 4. The van der Waals surface area contributed by atoms with Crippen molar-refractivity contribution in [2.45, 2.75) is 45.2 Å². The monoisotopic (exact) mass is 259 g/mol. The Labute approximate surface area is 113 Å². The first-order valence-corrected chi connectivity index (χ1v) is 7.00. The van der Waals surface area contributed by atoms with E-state index in [1.54, 1.807) is 0 Å². The second-order valence-corrected chi connectivity index (χ2v) is 5.41. The van der Waals surface area contributed by atoms with E-state index in [1.807, 2.05) is 24.9 Å². The van der Waals surface area contributed by atoms with E-state index in [-0.39, 0.29) is 0 Å². The summed E-state index contributed by atoms with van der Waals surface area (Å²) in [5.74, 6) is 1.05. The first-order valence-electron chi connectivity index (χ1n) is 7.00. The van der Waals surface area contributed by atoms with Gasteiger partial charge in [0.1, 0.15) is 5.82 Å². The molecule has 0 unspecified atom stereocenters. The normalized spacial score (nSPS) is 16.1. The SMILES string of the molecule is Cc1cc(NCc2cnn(C3CCCC3)c2)n(C)n1. The second kappa shape index (κ2) is 5.07. The molecule has 19 heavy (non-hydrogen) atoms. The molecular formula is C14H21N5. The number of hydrogen-bond donors (Lipinski definition) is 1. The van der Waals surface area contributed by atoms with E-state index in [0.29, 0.717) is 6.04 Å². The van der Waals surface area contributed by atoms with Crippen LogP contribution in [-0.2, 0) is 13.6 Å². The average Bonchev–Trinajstić information content (AvgIpc) is 3.07. The van der Waals surface area contributed by atoms with E-state index in [9.17, 15) is 0 Å². The molecule has 2 heterocycles. The maximum absolute atomic E-state index is 4.49. The molecule has 0 amide bonds. The van der Waals surface area contributed by atoms with E-state index in [2.05, 4.69) is 32.5 Å². The lowest BCUT2D eigenvalue weighted by Crippen LogP contribution is -2.05. The molecule has 2 aromatic heterocycles. The van der Waals surface area contributed by atoms with Crippen LogP contribution in [0.1, 0.15) is 43.0 Å². The highest BCUT2D eigenvalue weighted by atomic mass is 15.3. The van der Waals surface area contributed by atoms with Crippen molar-refractivity contribution in [1.29, 1.82) is 0 Å². The fourth-order valence-electron chi connectivity index (χ4n) is 2.81. The highest BCUT2D eigenvalue weighted by Gasteiger charge is 2.17. The van der Waals surface area contributed by atoms with Crippen LogP contribution in [0, 0.1) is 6.92 Å². The van der Waals surface area contributed by atoms with Gasteiger partial charge in [-0.2, -0.15) is 10.2 Å². The predicted molar refractivity (Wildman–Crippen MR) is 75.0 cm³/mol. The Hall–Kier alpha value is -1.78. The molecule has 2 aromatic rings. The van der Waals surface area contributed by atoms with E-state index in [1.165, 1.54) is 31.2 Å². The van der Waals surface area contributed by atoms with Crippen molar-refractivity contribution in [2.24, 2.45) is 7.05 Å². The maximum atomic E-state index is 4.49. The second-order valence-electron chi connectivity index (χ2n) is 5.41. The molecule has 1 aliphatic carbocycles. The van der Waals surface area contributed by atoms with E-state index in [4.69, 9.17) is 0 Å². The lowest BCUT2D eigenvalue weighted by molar-refractivity contribution is 0.466. The smallest absolute Gasteiger partial charge is 0.124 e. The van der Waals surface area contributed by atoms with Gasteiger partial charge in [-0.1, -0.05) is 12.8 Å². The van der Waals surface area contributed by atoms with Gasteiger partial charge in [0.15, 0.2) is 0 Å². The molecule has 3 rings (SSSR count). The minimum Gasteiger partial charge on any atom is -0.366 e. The Morgan fingerprint density at radius 3 is 2.84 bits per heavy atom. The number of aryl methyl sites for hydroxylation is 2. The van der Waals surface area contributed by atoms with E-state index in [0.717, 1.165) is 18.1 Å². The van der Waals surface area contributed by atoms with Gasteiger partial charge in [-0.25, -0.2) is 0 Å². The van der Waals surface area contributed by atoms with Crippen LogP contribution in [0.5, 0.6) is 0 Å². The van der Waals surface area contributed by atoms with E-state index < -0.39 is 0 Å². The summed E-state index contributed by atoms with van der Waals surface area (Å²) < 4.78 is 4.01. The molecule has 5 heteroatoms. The molecule has 0 atom stereocenters. The average molecular weight is 259 g/mol. The topological polar surface area (TPSA) is 47.7 Å². The highest BCUT2D eigenvalue weighted by molar-refractivity contribution is 5.37. The minimum atomic E-state index is 0.618. The molecule has 0 saturated heterocycles. The van der Waals surface area contributed by atoms with Crippen molar-refractivity contribution in [3.8, 4) is 0 Å². The van der Waals surface area contributed by atoms with Crippen LogP contribution in [0.3, 0.4) is 0 Å². The fraction of sp³-hybridized carbons (Fsp3) is 0.571. The number of hydrogen-bond acceptors (Lipinski definition) is 3. The third-order valence-corrected chi connectivity index (χ3v) is 3.83. The number of nitrogens with zero attached hydrogens (tertiary/aromatic N) is 4. The van der Waals surface area contributed by atoms with Crippen LogP contribution in [0.4, 0.5) is 5.82 Å². The van der Waals surface area contributed by atoms with E-state index >= 15 is 0 Å². The van der Waals surface area contributed by atoms with Crippen molar-refractivity contribution >= 4 is 5.82 Å². The Bertz CT molecular complexity index is 548. The van der Waals surface area contributed by atoms with Gasteiger partial charge in [0.2, 0.25) is 0 Å². The lowest BCUT2D eigenvalue weighted by Gasteiger charge is -2.08. The summed E-state index contributed by atoms with van der Waals surface area (Å²) >= 11 is 0. The van der Waals surface area contributed by atoms with Gasteiger partial charge in [-0.15, -0.1) is 0 Å². The first kappa shape index (κ1) is 12.3. The van der Waals surface area contributed by atoms with Gasteiger partial charge >= 0.3 is 0 Å². The molecule has 1 fully saturated rings. The van der Waals surface area contributed by atoms with Gasteiger partial charge in [-0.05, 0) is 19.8 Å². The Morgan fingerprint density at radius 1 is 1.37 bits per heavy atom. The highest BCUT2D eigenvalue weighted by Crippen LogP contribution is 2.28. The largest absolute Gasteiger partial charge is 0.366 e. The minimum absolute atomic E-state index is 0.618. The van der Waals surface area contributed by atoms with Crippen LogP contribution in [-0.4, -0.2) is 19.6 Å². The Kier molecular flexibility index (Phi) is 3.27. The fourth-order valence-corrected chi connectivity index (χ4v) is 2.81. The van der Waals surface area contributed by atoms with Crippen LogP contribution in [0.2, 0.25) is 0 Å². The van der Waals surface area contributed by atoms with Gasteiger partial charge in [0.25, 0.3) is 0 Å². The quantitative estimate of drug-likeness (QED) is 0.918. The first-order chi connectivity index (χ1) is 9.22. The summed E-state index contributed by atoms with van der Waals surface area (Å²) in [4.78, 5) is 0. The molecule has 102 valence electrons.